The zero-order valence-corrected chi connectivity index (χ0v) is 10.2. The van der Waals surface area contributed by atoms with Crippen LogP contribution < -0.4 is 5.32 Å². The standard InChI is InChI=1S/C12H19N3O/c1-4-9-13-11-8-6-7-10(14-11)12(16)15(3)5-2/h6-8H,4-5,9H2,1-3H3,(H,13,14). The molecule has 4 nitrogen and oxygen atoms in total. The van der Waals surface area contributed by atoms with Crippen molar-refractivity contribution in [2.75, 3.05) is 25.5 Å². The van der Waals surface area contributed by atoms with E-state index in [0.29, 0.717) is 12.2 Å². The molecule has 0 atom stereocenters. The number of nitrogens with zero attached hydrogens (tertiary/aromatic N) is 2. The zero-order chi connectivity index (χ0) is 12.0. The highest BCUT2D eigenvalue weighted by Crippen LogP contribution is 2.06. The van der Waals surface area contributed by atoms with Gasteiger partial charge in [-0.3, -0.25) is 4.79 Å². The third-order valence-electron chi connectivity index (χ3n) is 2.35. The molecule has 0 aliphatic carbocycles. The molecule has 0 unspecified atom stereocenters. The second-order valence-electron chi connectivity index (χ2n) is 3.65. The fourth-order valence-electron chi connectivity index (χ4n) is 1.24. The van der Waals surface area contributed by atoms with E-state index in [1.54, 1.807) is 18.0 Å². The molecule has 0 saturated carbocycles. The summed E-state index contributed by atoms with van der Waals surface area (Å²) in [4.78, 5) is 17.8. The summed E-state index contributed by atoms with van der Waals surface area (Å²) < 4.78 is 0. The highest BCUT2D eigenvalue weighted by Gasteiger charge is 2.11. The van der Waals surface area contributed by atoms with Crippen LogP contribution in [0.25, 0.3) is 0 Å². The van der Waals surface area contributed by atoms with Crippen molar-refractivity contribution < 1.29 is 4.79 Å². The summed E-state index contributed by atoms with van der Waals surface area (Å²) >= 11 is 0. The molecule has 4 heteroatoms. The van der Waals surface area contributed by atoms with Gasteiger partial charge in [-0.25, -0.2) is 4.98 Å². The van der Waals surface area contributed by atoms with E-state index in [4.69, 9.17) is 0 Å². The van der Waals surface area contributed by atoms with Gasteiger partial charge in [0.15, 0.2) is 0 Å². The van der Waals surface area contributed by atoms with Gasteiger partial charge in [0, 0.05) is 20.1 Å². The molecule has 1 N–H and O–H groups in total. The van der Waals surface area contributed by atoms with Crippen LogP contribution in [0.4, 0.5) is 5.82 Å². The summed E-state index contributed by atoms with van der Waals surface area (Å²) in [5, 5.41) is 3.16. The van der Waals surface area contributed by atoms with E-state index in [0.717, 1.165) is 18.8 Å². The SMILES string of the molecule is CCCNc1cccc(C(=O)N(C)CC)n1. The number of anilines is 1. The molecule has 1 rings (SSSR count). The van der Waals surface area contributed by atoms with E-state index < -0.39 is 0 Å². The van der Waals surface area contributed by atoms with Gasteiger partial charge in [0.2, 0.25) is 0 Å². The van der Waals surface area contributed by atoms with Crippen molar-refractivity contribution in [3.8, 4) is 0 Å². The van der Waals surface area contributed by atoms with Gasteiger partial charge in [0.1, 0.15) is 11.5 Å². The minimum atomic E-state index is -0.0392. The Labute approximate surface area is 96.7 Å². The Balaban J connectivity index is 2.77. The predicted octanol–water partition coefficient (Wildman–Crippen LogP) is 2.00. The van der Waals surface area contributed by atoms with Crippen molar-refractivity contribution in [2.45, 2.75) is 20.3 Å². The zero-order valence-electron chi connectivity index (χ0n) is 10.2. The lowest BCUT2D eigenvalue weighted by Crippen LogP contribution is -2.27. The van der Waals surface area contributed by atoms with Crippen molar-refractivity contribution >= 4 is 11.7 Å². The quantitative estimate of drug-likeness (QED) is 0.827. The first kappa shape index (κ1) is 12.5. The lowest BCUT2D eigenvalue weighted by Gasteiger charge is -2.14. The minimum Gasteiger partial charge on any atom is -0.370 e. The van der Waals surface area contributed by atoms with Gasteiger partial charge in [0.05, 0.1) is 0 Å². The molecule has 0 aliphatic rings. The first-order chi connectivity index (χ1) is 7.69. The van der Waals surface area contributed by atoms with Crippen LogP contribution in [-0.2, 0) is 0 Å². The van der Waals surface area contributed by atoms with Crippen LogP contribution in [0.2, 0.25) is 0 Å². The third kappa shape index (κ3) is 3.22. The summed E-state index contributed by atoms with van der Waals surface area (Å²) in [5.41, 5.74) is 0.491. The van der Waals surface area contributed by atoms with E-state index in [1.165, 1.54) is 0 Å². The molecule has 0 saturated heterocycles. The monoisotopic (exact) mass is 221 g/mol. The highest BCUT2D eigenvalue weighted by atomic mass is 16.2. The van der Waals surface area contributed by atoms with E-state index >= 15 is 0 Å². The summed E-state index contributed by atoms with van der Waals surface area (Å²) in [7, 11) is 1.77. The average molecular weight is 221 g/mol. The number of aromatic nitrogens is 1. The van der Waals surface area contributed by atoms with Gasteiger partial charge >= 0.3 is 0 Å². The normalized spacial score (nSPS) is 9.94. The van der Waals surface area contributed by atoms with Gasteiger partial charge in [0.25, 0.3) is 5.91 Å². The lowest BCUT2D eigenvalue weighted by atomic mass is 10.3. The summed E-state index contributed by atoms with van der Waals surface area (Å²) in [6.45, 7) is 5.59. The van der Waals surface area contributed by atoms with Gasteiger partial charge in [-0.1, -0.05) is 13.0 Å². The molecule has 0 aromatic carbocycles. The van der Waals surface area contributed by atoms with Gasteiger partial charge < -0.3 is 10.2 Å². The molecule has 0 spiro atoms. The van der Waals surface area contributed by atoms with Crippen LogP contribution in [0.3, 0.4) is 0 Å². The number of pyridine rings is 1. The maximum Gasteiger partial charge on any atom is 0.272 e. The number of rotatable bonds is 5. The first-order valence-electron chi connectivity index (χ1n) is 5.65. The fourth-order valence-corrected chi connectivity index (χ4v) is 1.24. The topological polar surface area (TPSA) is 45.2 Å². The van der Waals surface area contributed by atoms with Gasteiger partial charge in [-0.2, -0.15) is 0 Å². The van der Waals surface area contributed by atoms with Crippen LogP contribution in [0.5, 0.6) is 0 Å². The van der Waals surface area contributed by atoms with Crippen LogP contribution in [0, 0.1) is 0 Å². The Morgan fingerprint density at radius 1 is 1.44 bits per heavy atom. The number of carbonyl (C=O) groups is 1. The van der Waals surface area contributed by atoms with Crippen molar-refractivity contribution in [1.29, 1.82) is 0 Å². The molecular weight excluding hydrogens is 202 g/mol. The maximum absolute atomic E-state index is 11.8. The Kier molecular flexibility index (Phi) is 4.76. The summed E-state index contributed by atoms with van der Waals surface area (Å²) in [6, 6.07) is 5.46. The van der Waals surface area contributed by atoms with Crippen LogP contribution in [-0.4, -0.2) is 35.9 Å². The second-order valence-corrected chi connectivity index (χ2v) is 3.65. The summed E-state index contributed by atoms with van der Waals surface area (Å²) in [6.07, 6.45) is 1.04. The largest absolute Gasteiger partial charge is 0.370 e. The fraction of sp³-hybridized carbons (Fsp3) is 0.500. The Hall–Kier alpha value is -1.58. The molecule has 1 amide bonds. The van der Waals surface area contributed by atoms with Crippen molar-refractivity contribution in [1.82, 2.24) is 9.88 Å². The Morgan fingerprint density at radius 3 is 2.81 bits per heavy atom. The van der Waals surface area contributed by atoms with Gasteiger partial charge in [-0.05, 0) is 25.5 Å². The number of nitrogens with one attached hydrogen (secondary N) is 1. The van der Waals surface area contributed by atoms with Crippen molar-refractivity contribution in [2.24, 2.45) is 0 Å². The Bertz CT molecular complexity index is 352. The number of amides is 1. The van der Waals surface area contributed by atoms with E-state index in [-0.39, 0.29) is 5.91 Å². The molecule has 1 aromatic rings. The Morgan fingerprint density at radius 2 is 2.19 bits per heavy atom. The third-order valence-corrected chi connectivity index (χ3v) is 2.35. The molecule has 0 bridgehead atoms. The first-order valence-corrected chi connectivity index (χ1v) is 5.65. The molecule has 0 aliphatic heterocycles. The molecule has 88 valence electrons. The average Bonchev–Trinajstić information content (AvgIpc) is 2.34. The second kappa shape index (κ2) is 6.10. The van der Waals surface area contributed by atoms with E-state index in [2.05, 4.69) is 17.2 Å². The number of hydrogen-bond acceptors (Lipinski definition) is 3. The number of hydrogen-bond donors (Lipinski definition) is 1. The molecule has 1 aromatic heterocycles. The highest BCUT2D eigenvalue weighted by molar-refractivity contribution is 5.92. The number of carbonyl (C=O) groups excluding carboxylic acids is 1. The lowest BCUT2D eigenvalue weighted by molar-refractivity contribution is 0.0797. The van der Waals surface area contributed by atoms with Crippen LogP contribution in [0.1, 0.15) is 30.8 Å². The molecule has 16 heavy (non-hydrogen) atoms. The van der Waals surface area contributed by atoms with E-state index in [1.807, 2.05) is 19.1 Å². The van der Waals surface area contributed by atoms with E-state index in [9.17, 15) is 4.79 Å². The van der Waals surface area contributed by atoms with Crippen LogP contribution in [0.15, 0.2) is 18.2 Å². The molecule has 0 fully saturated rings. The molecular formula is C12H19N3O. The molecule has 0 radical (unpaired) electrons. The summed E-state index contributed by atoms with van der Waals surface area (Å²) in [5.74, 6) is 0.722. The maximum atomic E-state index is 11.8. The van der Waals surface area contributed by atoms with Crippen LogP contribution >= 0.6 is 0 Å². The van der Waals surface area contributed by atoms with Crippen molar-refractivity contribution in [3.63, 3.8) is 0 Å². The van der Waals surface area contributed by atoms with Crippen molar-refractivity contribution in [3.05, 3.63) is 23.9 Å². The minimum absolute atomic E-state index is 0.0392. The predicted molar refractivity (Wildman–Crippen MR) is 65.7 cm³/mol. The molecule has 1 heterocycles. The van der Waals surface area contributed by atoms with Gasteiger partial charge in [-0.15, -0.1) is 0 Å². The smallest absolute Gasteiger partial charge is 0.272 e.